The summed E-state index contributed by atoms with van der Waals surface area (Å²) >= 11 is 6.23. The Kier molecular flexibility index (Phi) is 5.34. The summed E-state index contributed by atoms with van der Waals surface area (Å²) in [5.41, 5.74) is 8.78. The van der Waals surface area contributed by atoms with E-state index in [0.717, 1.165) is 5.56 Å². The van der Waals surface area contributed by atoms with Crippen molar-refractivity contribution in [3.05, 3.63) is 71.1 Å². The standard InChI is InChI=1S/C19H16ClN3O3/c1-25-19(24)17-10-22-9-16(23-17)12-6-7-14(20)18(8-12)26-11-13-4-2-3-5-15(13)21/h2-10H,11,21H2,1H3. The van der Waals surface area contributed by atoms with Gasteiger partial charge in [0.15, 0.2) is 5.69 Å². The van der Waals surface area contributed by atoms with E-state index in [0.29, 0.717) is 27.7 Å². The van der Waals surface area contributed by atoms with Crippen molar-refractivity contribution in [3.63, 3.8) is 0 Å². The van der Waals surface area contributed by atoms with Crippen LogP contribution in [-0.4, -0.2) is 23.0 Å². The van der Waals surface area contributed by atoms with E-state index in [4.69, 9.17) is 22.1 Å². The first-order valence-corrected chi connectivity index (χ1v) is 8.12. The van der Waals surface area contributed by atoms with Crippen LogP contribution < -0.4 is 10.5 Å². The molecule has 0 atom stereocenters. The maximum atomic E-state index is 11.6. The summed E-state index contributed by atoms with van der Waals surface area (Å²) in [4.78, 5) is 19.9. The molecule has 0 bridgehead atoms. The number of ether oxygens (including phenoxy) is 2. The number of methoxy groups -OCH3 is 1. The van der Waals surface area contributed by atoms with Gasteiger partial charge in [0.1, 0.15) is 12.4 Å². The Morgan fingerprint density at radius 1 is 1.19 bits per heavy atom. The first-order chi connectivity index (χ1) is 12.6. The van der Waals surface area contributed by atoms with Crippen LogP contribution in [0.2, 0.25) is 5.02 Å². The van der Waals surface area contributed by atoms with Gasteiger partial charge in [0.2, 0.25) is 0 Å². The normalized spacial score (nSPS) is 10.4. The fourth-order valence-corrected chi connectivity index (χ4v) is 2.47. The fourth-order valence-electron chi connectivity index (χ4n) is 2.30. The number of halogens is 1. The smallest absolute Gasteiger partial charge is 0.358 e. The highest BCUT2D eigenvalue weighted by atomic mass is 35.5. The molecule has 2 aromatic carbocycles. The lowest BCUT2D eigenvalue weighted by molar-refractivity contribution is 0.0593. The number of aromatic nitrogens is 2. The van der Waals surface area contributed by atoms with Crippen molar-refractivity contribution in [2.24, 2.45) is 0 Å². The van der Waals surface area contributed by atoms with Gasteiger partial charge in [-0.05, 0) is 18.2 Å². The number of carbonyl (C=O) groups is 1. The van der Waals surface area contributed by atoms with Crippen LogP contribution in [0.25, 0.3) is 11.3 Å². The van der Waals surface area contributed by atoms with Gasteiger partial charge >= 0.3 is 5.97 Å². The number of nitrogens with zero attached hydrogens (tertiary/aromatic N) is 2. The monoisotopic (exact) mass is 369 g/mol. The van der Waals surface area contributed by atoms with E-state index in [1.807, 2.05) is 24.3 Å². The summed E-state index contributed by atoms with van der Waals surface area (Å²) in [7, 11) is 1.29. The Hall–Kier alpha value is -3.12. The molecule has 132 valence electrons. The number of para-hydroxylation sites is 1. The van der Waals surface area contributed by atoms with E-state index >= 15 is 0 Å². The molecule has 3 rings (SSSR count). The van der Waals surface area contributed by atoms with Gasteiger partial charge < -0.3 is 15.2 Å². The molecule has 26 heavy (non-hydrogen) atoms. The molecule has 0 saturated heterocycles. The number of anilines is 1. The average Bonchev–Trinajstić information content (AvgIpc) is 2.68. The zero-order valence-corrected chi connectivity index (χ0v) is 14.7. The van der Waals surface area contributed by atoms with Crippen LogP contribution in [0, 0.1) is 0 Å². The minimum atomic E-state index is -0.552. The number of rotatable bonds is 5. The maximum Gasteiger partial charge on any atom is 0.358 e. The van der Waals surface area contributed by atoms with Gasteiger partial charge in [-0.3, -0.25) is 4.98 Å². The molecule has 0 spiro atoms. The highest BCUT2D eigenvalue weighted by molar-refractivity contribution is 6.32. The lowest BCUT2D eigenvalue weighted by Gasteiger charge is -2.11. The quantitative estimate of drug-likeness (QED) is 0.544. The first-order valence-electron chi connectivity index (χ1n) is 7.75. The third-order valence-corrected chi connectivity index (χ3v) is 4.01. The van der Waals surface area contributed by atoms with Crippen molar-refractivity contribution in [1.82, 2.24) is 9.97 Å². The summed E-state index contributed by atoms with van der Waals surface area (Å²) in [6.45, 7) is 0.281. The van der Waals surface area contributed by atoms with Crippen LogP contribution in [-0.2, 0) is 11.3 Å². The molecule has 7 heteroatoms. The van der Waals surface area contributed by atoms with Crippen LogP contribution in [0.1, 0.15) is 16.1 Å². The van der Waals surface area contributed by atoms with Crippen LogP contribution in [0.5, 0.6) is 5.75 Å². The third kappa shape index (κ3) is 3.92. The number of nitrogens with two attached hydrogens (primary N) is 1. The largest absolute Gasteiger partial charge is 0.487 e. The number of nitrogen functional groups attached to an aromatic ring is 1. The molecule has 0 aliphatic heterocycles. The second-order valence-corrected chi connectivity index (χ2v) is 5.82. The number of hydrogen-bond acceptors (Lipinski definition) is 6. The molecule has 0 aliphatic rings. The maximum absolute atomic E-state index is 11.6. The van der Waals surface area contributed by atoms with Crippen molar-refractivity contribution in [2.75, 3.05) is 12.8 Å². The highest BCUT2D eigenvalue weighted by Gasteiger charge is 2.12. The van der Waals surface area contributed by atoms with E-state index in [-0.39, 0.29) is 12.3 Å². The van der Waals surface area contributed by atoms with Crippen LogP contribution in [0.15, 0.2) is 54.9 Å². The second kappa shape index (κ2) is 7.84. The molecular weight excluding hydrogens is 354 g/mol. The summed E-state index contributed by atoms with van der Waals surface area (Å²) in [5, 5.41) is 0.459. The second-order valence-electron chi connectivity index (χ2n) is 5.41. The Morgan fingerprint density at radius 2 is 2.00 bits per heavy atom. The summed E-state index contributed by atoms with van der Waals surface area (Å²) in [6.07, 6.45) is 2.90. The van der Waals surface area contributed by atoms with Gasteiger partial charge in [0, 0.05) is 16.8 Å². The Balaban J connectivity index is 1.86. The third-order valence-electron chi connectivity index (χ3n) is 3.69. The molecule has 2 N–H and O–H groups in total. The van der Waals surface area contributed by atoms with Crippen LogP contribution >= 0.6 is 11.6 Å². The molecule has 0 radical (unpaired) electrons. The average molecular weight is 370 g/mol. The molecule has 0 unspecified atom stereocenters. The molecule has 1 heterocycles. The van der Waals surface area contributed by atoms with Crippen molar-refractivity contribution in [1.29, 1.82) is 0 Å². The van der Waals surface area contributed by atoms with Crippen molar-refractivity contribution in [2.45, 2.75) is 6.61 Å². The minimum Gasteiger partial charge on any atom is -0.487 e. The van der Waals surface area contributed by atoms with E-state index in [9.17, 15) is 4.79 Å². The molecule has 1 aromatic heterocycles. The zero-order chi connectivity index (χ0) is 18.5. The number of benzene rings is 2. The lowest BCUT2D eigenvalue weighted by Crippen LogP contribution is -2.05. The Bertz CT molecular complexity index is 947. The van der Waals surface area contributed by atoms with E-state index in [2.05, 4.69) is 14.7 Å². The fraction of sp³-hybridized carbons (Fsp3) is 0.105. The van der Waals surface area contributed by atoms with Crippen molar-refractivity contribution >= 4 is 23.3 Å². The highest BCUT2D eigenvalue weighted by Crippen LogP contribution is 2.30. The van der Waals surface area contributed by atoms with Gasteiger partial charge in [-0.15, -0.1) is 0 Å². The minimum absolute atomic E-state index is 0.125. The summed E-state index contributed by atoms with van der Waals surface area (Å²) in [5.74, 6) is -0.0676. The van der Waals surface area contributed by atoms with Crippen molar-refractivity contribution in [3.8, 4) is 17.0 Å². The lowest BCUT2D eigenvalue weighted by atomic mass is 10.1. The van der Waals surface area contributed by atoms with E-state index in [1.54, 1.807) is 24.4 Å². The molecule has 0 aliphatic carbocycles. The van der Waals surface area contributed by atoms with Gasteiger partial charge in [-0.2, -0.15) is 0 Å². The number of esters is 1. The number of carbonyl (C=O) groups excluding carboxylic acids is 1. The summed E-state index contributed by atoms with van der Waals surface area (Å²) < 4.78 is 10.5. The topological polar surface area (TPSA) is 87.3 Å². The molecular formula is C19H16ClN3O3. The Morgan fingerprint density at radius 3 is 2.77 bits per heavy atom. The molecule has 6 nitrogen and oxygen atoms in total. The molecule has 3 aromatic rings. The van der Waals surface area contributed by atoms with Gasteiger partial charge in [0.25, 0.3) is 0 Å². The SMILES string of the molecule is COC(=O)c1cncc(-c2ccc(Cl)c(OCc3ccccc3N)c2)n1. The van der Waals surface area contributed by atoms with E-state index in [1.165, 1.54) is 13.3 Å². The van der Waals surface area contributed by atoms with Gasteiger partial charge in [-0.1, -0.05) is 35.9 Å². The van der Waals surface area contributed by atoms with Crippen LogP contribution in [0.3, 0.4) is 0 Å². The predicted octanol–water partition coefficient (Wildman–Crippen LogP) is 3.74. The predicted molar refractivity (Wildman–Crippen MR) is 99.0 cm³/mol. The van der Waals surface area contributed by atoms with Gasteiger partial charge in [0.05, 0.1) is 30.2 Å². The Labute approximate surface area is 155 Å². The molecule has 0 saturated carbocycles. The van der Waals surface area contributed by atoms with Crippen LogP contribution in [0.4, 0.5) is 5.69 Å². The molecule has 0 fully saturated rings. The molecule has 0 amide bonds. The number of hydrogen-bond donors (Lipinski definition) is 1. The summed E-state index contributed by atoms with van der Waals surface area (Å²) in [6, 6.07) is 12.7. The van der Waals surface area contributed by atoms with E-state index < -0.39 is 5.97 Å². The first kappa shape index (κ1) is 17.7. The van der Waals surface area contributed by atoms with Crippen molar-refractivity contribution < 1.29 is 14.3 Å². The zero-order valence-electron chi connectivity index (χ0n) is 14.0. The van der Waals surface area contributed by atoms with Gasteiger partial charge in [-0.25, -0.2) is 9.78 Å².